The molecule has 154 valence electrons. The minimum absolute atomic E-state index is 0. The van der Waals surface area contributed by atoms with Crippen LogP contribution >= 0.6 is 24.0 Å². The summed E-state index contributed by atoms with van der Waals surface area (Å²) in [4.78, 5) is 8.63. The van der Waals surface area contributed by atoms with Gasteiger partial charge in [0.05, 0.1) is 18.0 Å². The van der Waals surface area contributed by atoms with E-state index in [1.54, 1.807) is 13.3 Å². The third-order valence-corrected chi connectivity index (χ3v) is 6.32. The second kappa shape index (κ2) is 10.2. The van der Waals surface area contributed by atoms with Crippen LogP contribution in [0.5, 0.6) is 0 Å². The molecule has 0 saturated carbocycles. The van der Waals surface area contributed by atoms with Gasteiger partial charge >= 0.3 is 0 Å². The number of oxazole rings is 1. The number of sulfonamides is 1. The van der Waals surface area contributed by atoms with E-state index in [2.05, 4.69) is 20.6 Å². The summed E-state index contributed by atoms with van der Waals surface area (Å²) < 4.78 is 30.6. The third kappa shape index (κ3) is 5.92. The van der Waals surface area contributed by atoms with Gasteiger partial charge in [0, 0.05) is 32.2 Å². The lowest BCUT2D eigenvalue weighted by Gasteiger charge is -2.16. The molecule has 2 N–H and O–H groups in total. The molecule has 1 aliphatic rings. The van der Waals surface area contributed by atoms with Crippen LogP contribution in [0.2, 0.25) is 0 Å². The zero-order chi connectivity index (χ0) is 19.3. The maximum Gasteiger partial charge on any atom is 0.226 e. The molecule has 0 atom stereocenters. The molecular formula is C18H26IN5O3S. The average Bonchev–Trinajstić information content (AvgIpc) is 3.25. The van der Waals surface area contributed by atoms with Gasteiger partial charge < -0.3 is 15.1 Å². The van der Waals surface area contributed by atoms with Crippen molar-refractivity contribution in [3.05, 3.63) is 41.8 Å². The summed E-state index contributed by atoms with van der Waals surface area (Å²) in [6.07, 6.45) is 2.32. The van der Waals surface area contributed by atoms with Crippen LogP contribution in [0.1, 0.15) is 17.7 Å². The van der Waals surface area contributed by atoms with Crippen LogP contribution < -0.4 is 10.6 Å². The molecule has 1 saturated heterocycles. The van der Waals surface area contributed by atoms with Crippen LogP contribution in [-0.4, -0.2) is 56.1 Å². The van der Waals surface area contributed by atoms with Gasteiger partial charge in [-0.2, -0.15) is 0 Å². The van der Waals surface area contributed by atoms with E-state index in [4.69, 9.17) is 4.42 Å². The van der Waals surface area contributed by atoms with Crippen LogP contribution in [0, 0.1) is 6.92 Å². The zero-order valence-corrected chi connectivity index (χ0v) is 19.2. The van der Waals surface area contributed by atoms with Crippen molar-refractivity contribution in [3.63, 3.8) is 0 Å². The molecular weight excluding hydrogens is 493 g/mol. The molecule has 2 aromatic rings. The fraction of sp³-hybridized carbons (Fsp3) is 0.444. The van der Waals surface area contributed by atoms with Gasteiger partial charge in [-0.15, -0.1) is 24.0 Å². The number of rotatable bonds is 6. The SMILES string of the molecule is CN=C(NCCN1CCCS1(=O)=O)NCc1coc(-c2ccc(C)cc2)n1.I. The minimum Gasteiger partial charge on any atom is -0.444 e. The van der Waals surface area contributed by atoms with Gasteiger partial charge in [0.2, 0.25) is 15.9 Å². The molecule has 1 fully saturated rings. The number of nitrogens with zero attached hydrogens (tertiary/aromatic N) is 3. The number of hydrogen-bond acceptors (Lipinski definition) is 5. The van der Waals surface area contributed by atoms with Gasteiger partial charge in [-0.25, -0.2) is 17.7 Å². The molecule has 3 rings (SSSR count). The van der Waals surface area contributed by atoms with Gasteiger partial charge in [0.1, 0.15) is 6.26 Å². The predicted molar refractivity (Wildman–Crippen MR) is 120 cm³/mol. The number of benzene rings is 1. The Morgan fingerprint density at radius 2 is 2.04 bits per heavy atom. The van der Waals surface area contributed by atoms with E-state index in [-0.39, 0.29) is 29.7 Å². The van der Waals surface area contributed by atoms with E-state index in [1.807, 2.05) is 31.2 Å². The Morgan fingerprint density at radius 3 is 2.68 bits per heavy atom. The Bertz CT molecular complexity index is 896. The fourth-order valence-electron chi connectivity index (χ4n) is 2.85. The highest BCUT2D eigenvalue weighted by Gasteiger charge is 2.27. The van der Waals surface area contributed by atoms with E-state index in [0.717, 1.165) is 11.3 Å². The van der Waals surface area contributed by atoms with Gasteiger partial charge in [-0.05, 0) is 25.5 Å². The summed E-state index contributed by atoms with van der Waals surface area (Å²) in [5.41, 5.74) is 2.88. The van der Waals surface area contributed by atoms with Crippen molar-refractivity contribution in [3.8, 4) is 11.5 Å². The summed E-state index contributed by atoms with van der Waals surface area (Å²) >= 11 is 0. The van der Waals surface area contributed by atoms with Crippen LogP contribution in [0.25, 0.3) is 11.5 Å². The highest BCUT2D eigenvalue weighted by molar-refractivity contribution is 14.0. The molecule has 1 aliphatic heterocycles. The van der Waals surface area contributed by atoms with Crippen LogP contribution in [-0.2, 0) is 16.6 Å². The van der Waals surface area contributed by atoms with Crippen molar-refractivity contribution in [1.82, 2.24) is 19.9 Å². The first-order chi connectivity index (χ1) is 13.0. The number of nitrogens with one attached hydrogen (secondary N) is 2. The summed E-state index contributed by atoms with van der Waals surface area (Å²) in [5, 5.41) is 6.28. The number of guanidine groups is 1. The second-order valence-electron chi connectivity index (χ2n) is 6.43. The van der Waals surface area contributed by atoms with Crippen molar-refractivity contribution in [1.29, 1.82) is 0 Å². The molecule has 0 aliphatic carbocycles. The first-order valence-corrected chi connectivity index (χ1v) is 10.5. The van der Waals surface area contributed by atoms with Crippen molar-refractivity contribution in [2.75, 3.05) is 32.4 Å². The summed E-state index contributed by atoms with van der Waals surface area (Å²) in [6.45, 7) is 4.01. The number of aryl methyl sites for hydroxylation is 1. The van der Waals surface area contributed by atoms with Gasteiger partial charge in [-0.1, -0.05) is 17.7 Å². The molecule has 10 heteroatoms. The van der Waals surface area contributed by atoms with Crippen molar-refractivity contribution in [2.45, 2.75) is 19.9 Å². The lowest BCUT2D eigenvalue weighted by atomic mass is 10.1. The van der Waals surface area contributed by atoms with E-state index < -0.39 is 10.0 Å². The molecule has 28 heavy (non-hydrogen) atoms. The monoisotopic (exact) mass is 519 g/mol. The molecule has 0 radical (unpaired) electrons. The summed E-state index contributed by atoms with van der Waals surface area (Å²) in [5.74, 6) is 1.41. The van der Waals surface area contributed by atoms with E-state index in [9.17, 15) is 8.42 Å². The Morgan fingerprint density at radius 1 is 1.29 bits per heavy atom. The average molecular weight is 519 g/mol. The number of aromatic nitrogens is 1. The fourth-order valence-corrected chi connectivity index (χ4v) is 4.38. The predicted octanol–water partition coefficient (Wildman–Crippen LogP) is 1.97. The lowest BCUT2D eigenvalue weighted by molar-refractivity contribution is 0.445. The lowest BCUT2D eigenvalue weighted by Crippen LogP contribution is -2.41. The standard InChI is InChI=1S/C18H25N5O3S.HI/c1-14-4-6-15(7-5-14)17-22-16(13-26-17)12-21-18(19-2)20-8-10-23-9-3-11-27(23,24)25;/h4-7,13H,3,8-12H2,1-2H3,(H2,19,20,21);1H. The molecule has 1 aromatic heterocycles. The normalized spacial score (nSPS) is 16.6. The highest BCUT2D eigenvalue weighted by atomic mass is 127. The van der Waals surface area contributed by atoms with E-state index in [0.29, 0.717) is 44.5 Å². The second-order valence-corrected chi connectivity index (χ2v) is 8.52. The number of hydrogen-bond donors (Lipinski definition) is 2. The maximum absolute atomic E-state index is 11.8. The third-order valence-electron chi connectivity index (χ3n) is 4.37. The van der Waals surface area contributed by atoms with Crippen molar-refractivity contribution < 1.29 is 12.8 Å². The first-order valence-electron chi connectivity index (χ1n) is 8.92. The molecule has 2 heterocycles. The van der Waals surface area contributed by atoms with Gasteiger partial charge in [0.25, 0.3) is 0 Å². The Kier molecular flexibility index (Phi) is 8.25. The van der Waals surface area contributed by atoms with Crippen LogP contribution in [0.4, 0.5) is 0 Å². The molecule has 8 nitrogen and oxygen atoms in total. The van der Waals surface area contributed by atoms with E-state index >= 15 is 0 Å². The van der Waals surface area contributed by atoms with Gasteiger partial charge in [-0.3, -0.25) is 4.99 Å². The van der Waals surface area contributed by atoms with Crippen molar-refractivity contribution in [2.24, 2.45) is 4.99 Å². The Balaban J connectivity index is 0.00000280. The molecule has 1 aromatic carbocycles. The molecule has 0 amide bonds. The Hall–Kier alpha value is -1.66. The number of aliphatic imine (C=N–C) groups is 1. The Labute approximate surface area is 182 Å². The molecule has 0 bridgehead atoms. The van der Waals surface area contributed by atoms with Crippen molar-refractivity contribution >= 4 is 40.0 Å². The largest absolute Gasteiger partial charge is 0.444 e. The summed E-state index contributed by atoms with van der Waals surface area (Å²) in [7, 11) is -1.39. The minimum atomic E-state index is -3.06. The quantitative estimate of drug-likeness (QED) is 0.344. The zero-order valence-electron chi connectivity index (χ0n) is 16.0. The van der Waals surface area contributed by atoms with Crippen LogP contribution in [0.3, 0.4) is 0 Å². The van der Waals surface area contributed by atoms with Crippen LogP contribution in [0.15, 0.2) is 39.9 Å². The molecule has 0 unspecified atom stereocenters. The number of halogens is 1. The maximum atomic E-state index is 11.8. The highest BCUT2D eigenvalue weighted by Crippen LogP contribution is 2.19. The first kappa shape index (κ1) is 22.6. The summed E-state index contributed by atoms with van der Waals surface area (Å²) in [6, 6.07) is 7.99. The molecule has 0 spiro atoms. The smallest absolute Gasteiger partial charge is 0.226 e. The van der Waals surface area contributed by atoms with Gasteiger partial charge in [0.15, 0.2) is 5.96 Å². The van der Waals surface area contributed by atoms with E-state index in [1.165, 1.54) is 9.87 Å². The topological polar surface area (TPSA) is 99.8 Å².